The van der Waals surface area contributed by atoms with Crippen LogP contribution in [0.5, 0.6) is 5.75 Å². The molecule has 0 unspecified atom stereocenters. The maximum absolute atomic E-state index is 11.7. The van der Waals surface area contributed by atoms with Crippen LogP contribution in [0.2, 0.25) is 4.34 Å². The number of halogens is 1. The number of thiocarbonyl (C=S) groups is 1. The van der Waals surface area contributed by atoms with Crippen LogP contribution in [-0.4, -0.2) is 31.9 Å². The Morgan fingerprint density at radius 1 is 1.26 bits per heavy atom. The maximum Gasteiger partial charge on any atom is 0.229 e. The summed E-state index contributed by atoms with van der Waals surface area (Å²) in [6.07, 6.45) is 2.84. The zero-order valence-electron chi connectivity index (χ0n) is 16.6. The highest BCUT2D eigenvalue weighted by Crippen LogP contribution is 2.45. The predicted octanol–water partition coefficient (Wildman–Crippen LogP) is 4.35. The van der Waals surface area contributed by atoms with Gasteiger partial charge in [-0.05, 0) is 48.6 Å². The normalized spacial score (nSPS) is 18.7. The van der Waals surface area contributed by atoms with Gasteiger partial charge in [-0.2, -0.15) is 0 Å². The number of ether oxygens (including phenoxy) is 1. The SMILES string of the molecule is COc1cc(N2C(=S)N[C@H](c3ccccn3)[C@@H]2c2ccc(Cl)s2)ccc1NS(C)(=O)=O. The first-order chi connectivity index (χ1) is 14.8. The third kappa shape index (κ3) is 4.62. The Morgan fingerprint density at radius 2 is 2.06 bits per heavy atom. The van der Waals surface area contributed by atoms with E-state index < -0.39 is 10.0 Å². The number of benzene rings is 1. The van der Waals surface area contributed by atoms with E-state index in [0.29, 0.717) is 20.9 Å². The van der Waals surface area contributed by atoms with Gasteiger partial charge in [0.25, 0.3) is 0 Å². The van der Waals surface area contributed by atoms with Crippen LogP contribution >= 0.6 is 35.2 Å². The van der Waals surface area contributed by atoms with Crippen LogP contribution in [0.1, 0.15) is 22.7 Å². The van der Waals surface area contributed by atoms with Gasteiger partial charge in [-0.3, -0.25) is 9.71 Å². The predicted molar refractivity (Wildman–Crippen MR) is 129 cm³/mol. The summed E-state index contributed by atoms with van der Waals surface area (Å²) >= 11 is 13.4. The van der Waals surface area contributed by atoms with Crippen LogP contribution in [-0.2, 0) is 10.0 Å². The molecule has 162 valence electrons. The van der Waals surface area contributed by atoms with Crippen molar-refractivity contribution in [2.75, 3.05) is 23.0 Å². The molecule has 1 aliphatic heterocycles. The molecule has 31 heavy (non-hydrogen) atoms. The number of pyridine rings is 1. The number of methoxy groups -OCH3 is 1. The molecule has 2 atom stereocenters. The van der Waals surface area contributed by atoms with Crippen molar-refractivity contribution in [1.82, 2.24) is 10.3 Å². The molecule has 2 aromatic heterocycles. The van der Waals surface area contributed by atoms with E-state index in [1.807, 2.05) is 35.2 Å². The van der Waals surface area contributed by atoms with Gasteiger partial charge in [-0.1, -0.05) is 17.7 Å². The van der Waals surface area contributed by atoms with Crippen molar-refractivity contribution in [2.24, 2.45) is 0 Å². The van der Waals surface area contributed by atoms with Crippen molar-refractivity contribution < 1.29 is 13.2 Å². The van der Waals surface area contributed by atoms with Crippen LogP contribution in [0.4, 0.5) is 11.4 Å². The van der Waals surface area contributed by atoms with E-state index in [0.717, 1.165) is 22.5 Å². The van der Waals surface area contributed by atoms with Gasteiger partial charge >= 0.3 is 0 Å². The van der Waals surface area contributed by atoms with E-state index >= 15 is 0 Å². The molecule has 1 fully saturated rings. The van der Waals surface area contributed by atoms with Gasteiger partial charge in [0.15, 0.2) is 5.11 Å². The molecular formula is C20H19ClN4O3S3. The summed E-state index contributed by atoms with van der Waals surface area (Å²) in [5, 5.41) is 3.90. The number of hydrogen-bond donors (Lipinski definition) is 2. The Balaban J connectivity index is 1.79. The number of rotatable bonds is 6. The molecule has 7 nitrogen and oxygen atoms in total. The minimum absolute atomic E-state index is 0.191. The first-order valence-corrected chi connectivity index (χ1v) is 12.7. The van der Waals surface area contributed by atoms with Gasteiger partial charge in [0.1, 0.15) is 5.75 Å². The molecule has 0 spiro atoms. The van der Waals surface area contributed by atoms with Crippen LogP contribution in [0.15, 0.2) is 54.7 Å². The second-order valence-electron chi connectivity index (χ2n) is 6.90. The summed E-state index contributed by atoms with van der Waals surface area (Å²) < 4.78 is 31.9. The Hall–Kier alpha value is -2.40. The first kappa shape index (κ1) is 21.8. The third-order valence-corrected chi connectivity index (χ3v) is 6.95. The fourth-order valence-electron chi connectivity index (χ4n) is 3.52. The van der Waals surface area contributed by atoms with Crippen LogP contribution < -0.4 is 19.7 Å². The van der Waals surface area contributed by atoms with Gasteiger partial charge in [0.2, 0.25) is 10.0 Å². The van der Waals surface area contributed by atoms with Gasteiger partial charge in [-0.25, -0.2) is 8.42 Å². The number of thiophene rings is 1. The van der Waals surface area contributed by atoms with E-state index in [9.17, 15) is 8.42 Å². The maximum atomic E-state index is 11.7. The van der Waals surface area contributed by atoms with Gasteiger partial charge < -0.3 is 15.0 Å². The molecule has 0 radical (unpaired) electrons. The topological polar surface area (TPSA) is 83.6 Å². The second-order valence-corrected chi connectivity index (χ2v) is 10.8. The lowest BCUT2D eigenvalue weighted by molar-refractivity contribution is 0.417. The number of nitrogens with zero attached hydrogens (tertiary/aromatic N) is 2. The molecular weight excluding hydrogens is 476 g/mol. The number of nitrogens with one attached hydrogen (secondary N) is 2. The third-order valence-electron chi connectivity index (χ3n) is 4.74. The summed E-state index contributed by atoms with van der Waals surface area (Å²) in [6.45, 7) is 0. The Morgan fingerprint density at radius 3 is 2.68 bits per heavy atom. The highest BCUT2D eigenvalue weighted by atomic mass is 35.5. The van der Waals surface area contributed by atoms with Crippen molar-refractivity contribution in [1.29, 1.82) is 0 Å². The molecule has 0 bridgehead atoms. The standard InChI is InChI=1S/C20H19ClN4O3S3/c1-28-15-11-12(6-7-13(15)24-31(2,26)27)25-19(16-8-9-17(21)30-16)18(23-20(25)29)14-5-3-4-10-22-14/h3-11,18-19,24H,1-2H3,(H,23,29)/t18-,19+/m1/s1. The smallest absolute Gasteiger partial charge is 0.229 e. The summed E-state index contributed by atoms with van der Waals surface area (Å²) in [4.78, 5) is 7.51. The van der Waals surface area contributed by atoms with Crippen LogP contribution in [0.3, 0.4) is 0 Å². The monoisotopic (exact) mass is 494 g/mol. The minimum atomic E-state index is -3.45. The zero-order chi connectivity index (χ0) is 22.2. The molecule has 4 rings (SSSR count). The summed E-state index contributed by atoms with van der Waals surface area (Å²) in [5.74, 6) is 0.384. The number of sulfonamides is 1. The summed E-state index contributed by atoms with van der Waals surface area (Å²) in [7, 11) is -1.96. The van der Waals surface area contributed by atoms with Crippen molar-refractivity contribution in [3.8, 4) is 5.75 Å². The first-order valence-electron chi connectivity index (χ1n) is 9.18. The fourth-order valence-corrected chi connectivity index (χ4v) is 5.63. The molecule has 0 saturated carbocycles. The molecule has 11 heteroatoms. The van der Waals surface area contributed by atoms with E-state index in [2.05, 4.69) is 15.0 Å². The lowest BCUT2D eigenvalue weighted by Crippen LogP contribution is -2.29. The van der Waals surface area contributed by atoms with E-state index in [4.69, 9.17) is 28.6 Å². The number of aromatic nitrogens is 1. The Labute approximate surface area is 195 Å². The Kier molecular flexibility index (Phi) is 6.07. The minimum Gasteiger partial charge on any atom is -0.494 e. The lowest BCUT2D eigenvalue weighted by atomic mass is 10.0. The van der Waals surface area contributed by atoms with Gasteiger partial charge in [-0.15, -0.1) is 11.3 Å². The van der Waals surface area contributed by atoms with Crippen molar-refractivity contribution in [3.63, 3.8) is 0 Å². The largest absolute Gasteiger partial charge is 0.494 e. The molecule has 1 aliphatic rings. The van der Waals surface area contributed by atoms with Crippen molar-refractivity contribution in [2.45, 2.75) is 12.1 Å². The summed E-state index contributed by atoms with van der Waals surface area (Å²) in [5.41, 5.74) is 1.95. The highest BCUT2D eigenvalue weighted by molar-refractivity contribution is 7.92. The molecule has 1 aromatic carbocycles. The molecule has 1 saturated heterocycles. The molecule has 2 N–H and O–H groups in total. The quantitative estimate of drug-likeness (QED) is 0.493. The lowest BCUT2D eigenvalue weighted by Gasteiger charge is -2.27. The van der Waals surface area contributed by atoms with Crippen LogP contribution in [0.25, 0.3) is 0 Å². The number of anilines is 2. The van der Waals surface area contributed by atoms with E-state index in [1.54, 1.807) is 24.4 Å². The number of hydrogen-bond acceptors (Lipinski definition) is 6. The molecule has 3 heterocycles. The van der Waals surface area contributed by atoms with Crippen molar-refractivity contribution in [3.05, 3.63) is 69.6 Å². The average molecular weight is 495 g/mol. The van der Waals surface area contributed by atoms with E-state index in [1.165, 1.54) is 18.4 Å². The molecule has 3 aromatic rings. The van der Waals surface area contributed by atoms with Crippen LogP contribution in [0, 0.1) is 0 Å². The van der Waals surface area contributed by atoms with Gasteiger partial charge in [0.05, 0.1) is 41.2 Å². The molecule has 0 aliphatic carbocycles. The van der Waals surface area contributed by atoms with Gasteiger partial charge in [0, 0.05) is 22.8 Å². The zero-order valence-corrected chi connectivity index (χ0v) is 19.8. The highest BCUT2D eigenvalue weighted by Gasteiger charge is 2.41. The molecule has 0 amide bonds. The second kappa shape index (κ2) is 8.62. The van der Waals surface area contributed by atoms with E-state index in [-0.39, 0.29) is 12.1 Å². The van der Waals surface area contributed by atoms with Crippen molar-refractivity contribution >= 4 is 61.7 Å². The fraction of sp³-hybridized carbons (Fsp3) is 0.200. The average Bonchev–Trinajstić information content (AvgIpc) is 3.30. The summed E-state index contributed by atoms with van der Waals surface area (Å²) in [6, 6.07) is 14.4. The Bertz CT molecular complexity index is 1220.